The number of anilines is 1. The van der Waals surface area contributed by atoms with Crippen LogP contribution in [0.3, 0.4) is 0 Å². The number of aromatic amines is 1. The Kier molecular flexibility index (Phi) is 18.3. The normalized spacial score (nSPS) is 13.0. The maximum absolute atomic E-state index is 13.5. The second kappa shape index (κ2) is 20.3. The molecule has 1 amide bonds. The van der Waals surface area contributed by atoms with Crippen molar-refractivity contribution in [1.29, 1.82) is 0 Å². The van der Waals surface area contributed by atoms with Gasteiger partial charge < -0.3 is 15.1 Å². The molecule has 0 saturated carbocycles. The van der Waals surface area contributed by atoms with Gasteiger partial charge in [-0.05, 0) is 49.1 Å². The van der Waals surface area contributed by atoms with Gasteiger partial charge in [-0.1, -0.05) is 103 Å². The van der Waals surface area contributed by atoms with Crippen molar-refractivity contribution >= 4 is 28.9 Å². The zero-order chi connectivity index (χ0) is 28.9. The van der Waals surface area contributed by atoms with Crippen molar-refractivity contribution in [2.45, 2.75) is 68.2 Å². The zero-order valence-electron chi connectivity index (χ0n) is 24.7. The average Bonchev–Trinajstić information content (AvgIpc) is 3.21. The van der Waals surface area contributed by atoms with Crippen LogP contribution in [0.4, 0.5) is 5.82 Å². The van der Waals surface area contributed by atoms with Gasteiger partial charge in [-0.15, -0.1) is 0 Å². The first-order chi connectivity index (χ1) is 18.5. The maximum atomic E-state index is 13.5. The highest BCUT2D eigenvalue weighted by Crippen LogP contribution is 2.36. The molecule has 2 heterocycles. The van der Waals surface area contributed by atoms with E-state index in [1.807, 2.05) is 103 Å². The minimum absolute atomic E-state index is 0.00774. The van der Waals surface area contributed by atoms with E-state index in [1.54, 1.807) is 6.20 Å². The Morgan fingerprint density at radius 2 is 1.55 bits per heavy atom. The van der Waals surface area contributed by atoms with Crippen molar-refractivity contribution in [3.8, 4) is 0 Å². The molecule has 0 radical (unpaired) electrons. The summed E-state index contributed by atoms with van der Waals surface area (Å²) in [5.74, 6) is 0.281. The summed E-state index contributed by atoms with van der Waals surface area (Å²) in [5, 5.41) is 4.20. The average molecular weight is 518 g/mol. The summed E-state index contributed by atoms with van der Waals surface area (Å²) in [6.07, 6.45) is 16.7. The molecule has 1 aliphatic carbocycles. The Balaban J connectivity index is 0.00000137. The van der Waals surface area contributed by atoms with E-state index >= 15 is 0 Å². The Hall–Kier alpha value is -3.73. The van der Waals surface area contributed by atoms with E-state index in [-0.39, 0.29) is 23.7 Å². The highest BCUT2D eigenvalue weighted by atomic mass is 16.2. The van der Waals surface area contributed by atoms with Crippen molar-refractivity contribution in [1.82, 2.24) is 9.97 Å². The number of pyridine rings is 1. The number of carbonyl (C=O) groups is 2. The van der Waals surface area contributed by atoms with Crippen molar-refractivity contribution in [3.63, 3.8) is 0 Å². The minimum Gasteiger partial charge on any atom is -0.361 e. The number of nitrogens with zero attached hydrogens (tertiary/aromatic N) is 1. The Bertz CT molecular complexity index is 1140. The van der Waals surface area contributed by atoms with E-state index in [9.17, 15) is 4.79 Å². The topological polar surface area (TPSA) is 74.8 Å². The Morgan fingerprint density at radius 3 is 2.13 bits per heavy atom. The van der Waals surface area contributed by atoms with Gasteiger partial charge in [-0.25, -0.2) is 4.98 Å². The van der Waals surface area contributed by atoms with Crippen LogP contribution in [0.5, 0.6) is 0 Å². The number of aryl methyl sites for hydroxylation is 1. The molecule has 5 heteroatoms. The van der Waals surface area contributed by atoms with Gasteiger partial charge in [0.25, 0.3) is 0 Å². The number of fused-ring (bicyclic) bond motifs is 1. The van der Waals surface area contributed by atoms with Crippen LogP contribution in [0.1, 0.15) is 72.4 Å². The third kappa shape index (κ3) is 10.3. The maximum Gasteiger partial charge on any atom is 0.230 e. The number of hydrogen-bond donors (Lipinski definition) is 2. The lowest BCUT2D eigenvalue weighted by molar-refractivity contribution is -0.121. The van der Waals surface area contributed by atoms with E-state index in [4.69, 9.17) is 4.79 Å². The first-order valence-corrected chi connectivity index (χ1v) is 13.8. The molecule has 2 unspecified atom stereocenters. The molecule has 3 aromatic rings. The highest BCUT2D eigenvalue weighted by Gasteiger charge is 2.33. The van der Waals surface area contributed by atoms with Crippen molar-refractivity contribution in [3.05, 3.63) is 96.4 Å². The molecular formula is C33H47N3O2. The first kappa shape index (κ1) is 34.3. The molecular weight excluding hydrogens is 470 g/mol. The monoisotopic (exact) mass is 517 g/mol. The van der Waals surface area contributed by atoms with Gasteiger partial charge >= 0.3 is 0 Å². The van der Waals surface area contributed by atoms with Gasteiger partial charge in [0.1, 0.15) is 12.1 Å². The fourth-order valence-electron chi connectivity index (χ4n) is 4.03. The smallest absolute Gasteiger partial charge is 0.230 e. The second-order valence-corrected chi connectivity index (χ2v) is 7.78. The van der Waals surface area contributed by atoms with Gasteiger partial charge in [0.2, 0.25) is 5.91 Å². The molecule has 206 valence electrons. The summed E-state index contributed by atoms with van der Waals surface area (Å²) >= 11 is 0. The summed E-state index contributed by atoms with van der Waals surface area (Å²) < 4.78 is 0. The quantitative estimate of drug-likeness (QED) is 0.332. The molecule has 0 fully saturated rings. The molecule has 0 spiro atoms. The molecule has 2 atom stereocenters. The summed E-state index contributed by atoms with van der Waals surface area (Å²) in [6.45, 7) is 17.6. The largest absolute Gasteiger partial charge is 0.361 e. The number of benzene rings is 1. The number of allylic oxidation sites excluding steroid dienone is 6. The lowest BCUT2D eigenvalue weighted by Gasteiger charge is -2.27. The van der Waals surface area contributed by atoms with E-state index < -0.39 is 0 Å². The van der Waals surface area contributed by atoms with Crippen molar-refractivity contribution < 1.29 is 9.59 Å². The van der Waals surface area contributed by atoms with Crippen LogP contribution in [0.2, 0.25) is 0 Å². The Labute approximate surface area is 230 Å². The van der Waals surface area contributed by atoms with Crippen LogP contribution in [0.15, 0.2) is 85.2 Å². The standard InChI is InChI=1S/C25H25N3O.C2H4O.3C2H6/c1-17-13-14-26-23(15-17)28-25(29)24(19-9-5-3-4-6-10-19)18(2)21-16-27-22-12-8-7-11-20(21)22;1-2-3;3*1-2/h3-16,18-19,24,27H,1-2H3,(H,26,28,29);2H,1H3;3*1-2H3. The van der Waals surface area contributed by atoms with Gasteiger partial charge in [0.15, 0.2) is 0 Å². The fraction of sp³-hybridized carbons (Fsp3) is 0.364. The molecule has 1 aliphatic rings. The van der Waals surface area contributed by atoms with Gasteiger partial charge in [-0.2, -0.15) is 0 Å². The molecule has 2 aromatic heterocycles. The molecule has 0 saturated heterocycles. The number of H-pyrrole nitrogens is 1. The predicted octanol–water partition coefficient (Wildman–Crippen LogP) is 8.81. The van der Waals surface area contributed by atoms with Crippen LogP contribution in [-0.4, -0.2) is 22.2 Å². The number of aromatic nitrogens is 2. The third-order valence-electron chi connectivity index (χ3n) is 5.53. The van der Waals surface area contributed by atoms with Crippen LogP contribution in [0, 0.1) is 18.8 Å². The number of nitrogens with one attached hydrogen (secondary N) is 2. The number of hydrogen-bond acceptors (Lipinski definition) is 3. The molecule has 0 aliphatic heterocycles. The van der Waals surface area contributed by atoms with Crippen molar-refractivity contribution in [2.75, 3.05) is 5.32 Å². The van der Waals surface area contributed by atoms with Gasteiger partial charge in [-0.3, -0.25) is 4.79 Å². The van der Waals surface area contributed by atoms with Gasteiger partial charge in [0.05, 0.1) is 5.92 Å². The first-order valence-electron chi connectivity index (χ1n) is 13.8. The SMILES string of the molecule is CC.CC.CC.CC=O.Cc1ccnc(NC(=O)C(C2C=CC=CC=C2)C(C)c2c[nH]c3ccccc23)c1. The number of amides is 1. The molecule has 38 heavy (non-hydrogen) atoms. The number of carbonyl (C=O) groups excluding carboxylic acids is 2. The van der Waals surface area contributed by atoms with E-state index in [0.29, 0.717) is 5.82 Å². The molecule has 2 N–H and O–H groups in total. The Morgan fingerprint density at radius 1 is 0.974 bits per heavy atom. The molecule has 5 nitrogen and oxygen atoms in total. The summed E-state index contributed by atoms with van der Waals surface area (Å²) in [5.41, 5.74) is 3.30. The van der Waals surface area contributed by atoms with Crippen LogP contribution < -0.4 is 5.32 Å². The van der Waals surface area contributed by atoms with Crippen LogP contribution >= 0.6 is 0 Å². The van der Waals surface area contributed by atoms with E-state index in [0.717, 1.165) is 28.3 Å². The highest BCUT2D eigenvalue weighted by molar-refractivity contribution is 5.94. The van der Waals surface area contributed by atoms with Gasteiger partial charge in [0, 0.05) is 29.2 Å². The second-order valence-electron chi connectivity index (χ2n) is 7.78. The van der Waals surface area contributed by atoms with E-state index in [2.05, 4.69) is 46.5 Å². The number of para-hydroxylation sites is 1. The molecule has 4 rings (SSSR count). The minimum atomic E-state index is -0.274. The number of aldehydes is 1. The van der Waals surface area contributed by atoms with Crippen molar-refractivity contribution in [2.24, 2.45) is 11.8 Å². The lowest BCUT2D eigenvalue weighted by Crippen LogP contribution is -2.32. The van der Waals surface area contributed by atoms with E-state index in [1.165, 1.54) is 6.92 Å². The van der Waals surface area contributed by atoms with Crippen LogP contribution in [-0.2, 0) is 9.59 Å². The van der Waals surface area contributed by atoms with Crippen LogP contribution in [0.25, 0.3) is 10.9 Å². The fourth-order valence-corrected chi connectivity index (χ4v) is 4.03. The zero-order valence-corrected chi connectivity index (χ0v) is 24.7. The number of rotatable bonds is 5. The summed E-state index contributed by atoms with van der Waals surface area (Å²) in [6, 6.07) is 12.0. The summed E-state index contributed by atoms with van der Waals surface area (Å²) in [4.78, 5) is 29.9. The predicted molar refractivity (Wildman–Crippen MR) is 164 cm³/mol. The lowest BCUT2D eigenvalue weighted by atomic mass is 9.77. The molecule has 1 aromatic carbocycles. The summed E-state index contributed by atoms with van der Waals surface area (Å²) in [7, 11) is 0. The third-order valence-corrected chi connectivity index (χ3v) is 5.53. The molecule has 0 bridgehead atoms.